The number of benzene rings is 1. The van der Waals surface area contributed by atoms with Crippen molar-refractivity contribution in [1.29, 1.82) is 0 Å². The molecule has 2 aromatic rings. The van der Waals surface area contributed by atoms with Gasteiger partial charge in [0.15, 0.2) is 5.13 Å². The van der Waals surface area contributed by atoms with Crippen LogP contribution < -0.4 is 5.32 Å². The molecule has 1 N–H and O–H groups in total. The minimum atomic E-state index is -0.274. The smallest absolute Gasteiger partial charge is 0.311 e. The van der Waals surface area contributed by atoms with E-state index in [4.69, 9.17) is 0 Å². The third-order valence-electron chi connectivity index (χ3n) is 3.01. The Morgan fingerprint density at radius 3 is 2.55 bits per heavy atom. The standard InChI is InChI=1S/C15H18N2O2S/c1-9-5-10(2)14(11(3)6-9)17-15-16-12(8-20-15)7-13(18)19-4/h5-6,8H,7H2,1-4H3,(H,16,17). The van der Waals surface area contributed by atoms with Gasteiger partial charge in [-0.15, -0.1) is 11.3 Å². The number of hydrogen-bond donors (Lipinski definition) is 1. The van der Waals surface area contributed by atoms with Crippen LogP contribution in [0, 0.1) is 20.8 Å². The Bertz CT molecular complexity index is 612. The summed E-state index contributed by atoms with van der Waals surface area (Å²) < 4.78 is 4.64. The van der Waals surface area contributed by atoms with Gasteiger partial charge in [0, 0.05) is 11.1 Å². The van der Waals surface area contributed by atoms with Gasteiger partial charge in [0.05, 0.1) is 19.2 Å². The van der Waals surface area contributed by atoms with Crippen LogP contribution in [0.1, 0.15) is 22.4 Å². The fourth-order valence-corrected chi connectivity index (χ4v) is 2.86. The van der Waals surface area contributed by atoms with Crippen LogP contribution in [-0.2, 0) is 16.0 Å². The number of carbonyl (C=O) groups is 1. The second-order valence-electron chi connectivity index (χ2n) is 4.80. The van der Waals surface area contributed by atoms with Crippen LogP contribution in [0.4, 0.5) is 10.8 Å². The summed E-state index contributed by atoms with van der Waals surface area (Å²) in [6.45, 7) is 6.23. The van der Waals surface area contributed by atoms with Crippen molar-refractivity contribution in [3.05, 3.63) is 39.9 Å². The molecule has 20 heavy (non-hydrogen) atoms. The van der Waals surface area contributed by atoms with Crippen LogP contribution in [0.2, 0.25) is 0 Å². The van der Waals surface area contributed by atoms with Crippen molar-refractivity contribution in [2.45, 2.75) is 27.2 Å². The third-order valence-corrected chi connectivity index (χ3v) is 3.82. The zero-order valence-electron chi connectivity index (χ0n) is 12.1. The Balaban J connectivity index is 2.17. The van der Waals surface area contributed by atoms with Crippen LogP contribution in [0.25, 0.3) is 0 Å². The van der Waals surface area contributed by atoms with Gasteiger partial charge in [-0.3, -0.25) is 4.79 Å². The van der Waals surface area contributed by atoms with E-state index in [0.717, 1.165) is 16.5 Å². The first-order chi connectivity index (χ1) is 9.49. The summed E-state index contributed by atoms with van der Waals surface area (Å²) in [5.74, 6) is -0.274. The Morgan fingerprint density at radius 2 is 1.95 bits per heavy atom. The maximum absolute atomic E-state index is 11.2. The molecule has 1 heterocycles. The zero-order chi connectivity index (χ0) is 14.7. The molecule has 1 aromatic carbocycles. The molecule has 0 aliphatic rings. The summed E-state index contributed by atoms with van der Waals surface area (Å²) >= 11 is 1.49. The molecule has 0 radical (unpaired) electrons. The van der Waals surface area contributed by atoms with Crippen molar-refractivity contribution in [3.63, 3.8) is 0 Å². The van der Waals surface area contributed by atoms with Gasteiger partial charge in [0.2, 0.25) is 0 Å². The summed E-state index contributed by atoms with van der Waals surface area (Å²) in [5, 5.41) is 6.00. The van der Waals surface area contributed by atoms with Crippen LogP contribution >= 0.6 is 11.3 Å². The average molecular weight is 290 g/mol. The number of aromatic nitrogens is 1. The number of rotatable bonds is 4. The van der Waals surface area contributed by atoms with Crippen molar-refractivity contribution in [3.8, 4) is 0 Å². The van der Waals surface area contributed by atoms with E-state index in [-0.39, 0.29) is 12.4 Å². The van der Waals surface area contributed by atoms with Crippen molar-refractivity contribution in [2.75, 3.05) is 12.4 Å². The molecule has 106 valence electrons. The van der Waals surface area contributed by atoms with Gasteiger partial charge in [-0.1, -0.05) is 17.7 Å². The molecule has 2 rings (SSSR count). The summed E-state index contributed by atoms with van der Waals surface area (Å²) in [7, 11) is 1.38. The maximum Gasteiger partial charge on any atom is 0.311 e. The van der Waals surface area contributed by atoms with Gasteiger partial charge in [-0.05, 0) is 31.9 Å². The van der Waals surface area contributed by atoms with Crippen molar-refractivity contribution in [2.24, 2.45) is 0 Å². The number of aryl methyl sites for hydroxylation is 3. The molecule has 0 spiro atoms. The van der Waals surface area contributed by atoms with E-state index in [1.165, 1.54) is 35.1 Å². The van der Waals surface area contributed by atoms with Crippen molar-refractivity contribution in [1.82, 2.24) is 4.98 Å². The highest BCUT2D eigenvalue weighted by Gasteiger charge is 2.10. The van der Waals surface area contributed by atoms with Gasteiger partial charge in [-0.25, -0.2) is 4.98 Å². The van der Waals surface area contributed by atoms with Crippen LogP contribution in [-0.4, -0.2) is 18.1 Å². The lowest BCUT2D eigenvalue weighted by Gasteiger charge is -2.11. The molecule has 0 saturated heterocycles. The Kier molecular flexibility index (Phi) is 4.39. The Hall–Kier alpha value is -1.88. The Morgan fingerprint density at radius 1 is 1.30 bits per heavy atom. The summed E-state index contributed by atoms with van der Waals surface area (Å²) in [6, 6.07) is 4.27. The minimum absolute atomic E-state index is 0.209. The lowest BCUT2D eigenvalue weighted by molar-refractivity contribution is -0.139. The molecule has 0 unspecified atom stereocenters. The topological polar surface area (TPSA) is 51.2 Å². The number of ether oxygens (including phenoxy) is 1. The minimum Gasteiger partial charge on any atom is -0.469 e. The van der Waals surface area contributed by atoms with E-state index in [1.807, 2.05) is 5.38 Å². The number of carbonyl (C=O) groups excluding carboxylic acids is 1. The van der Waals surface area contributed by atoms with Crippen molar-refractivity contribution >= 4 is 28.1 Å². The normalized spacial score (nSPS) is 10.4. The van der Waals surface area contributed by atoms with E-state index < -0.39 is 0 Å². The largest absolute Gasteiger partial charge is 0.469 e. The molecule has 0 aliphatic heterocycles. The summed E-state index contributed by atoms with van der Waals surface area (Å²) in [4.78, 5) is 15.6. The van der Waals surface area contributed by atoms with Gasteiger partial charge < -0.3 is 10.1 Å². The highest BCUT2D eigenvalue weighted by Crippen LogP contribution is 2.27. The van der Waals surface area contributed by atoms with E-state index in [2.05, 4.69) is 47.9 Å². The number of thiazole rings is 1. The fourth-order valence-electron chi connectivity index (χ4n) is 2.15. The highest BCUT2D eigenvalue weighted by molar-refractivity contribution is 7.13. The quantitative estimate of drug-likeness (QED) is 0.875. The molecular formula is C15H18N2O2S. The van der Waals surface area contributed by atoms with E-state index in [0.29, 0.717) is 0 Å². The lowest BCUT2D eigenvalue weighted by atomic mass is 10.1. The lowest BCUT2D eigenvalue weighted by Crippen LogP contribution is -2.04. The molecule has 0 bridgehead atoms. The fraction of sp³-hybridized carbons (Fsp3) is 0.333. The SMILES string of the molecule is COC(=O)Cc1csc(Nc2c(C)cc(C)cc2C)n1. The number of nitrogens with one attached hydrogen (secondary N) is 1. The molecule has 4 nitrogen and oxygen atoms in total. The first kappa shape index (κ1) is 14.5. The molecule has 0 aliphatic carbocycles. The monoisotopic (exact) mass is 290 g/mol. The van der Waals surface area contributed by atoms with E-state index >= 15 is 0 Å². The number of methoxy groups -OCH3 is 1. The molecule has 0 fully saturated rings. The second-order valence-corrected chi connectivity index (χ2v) is 5.65. The van der Waals surface area contributed by atoms with Crippen LogP contribution in [0.15, 0.2) is 17.5 Å². The van der Waals surface area contributed by atoms with Crippen LogP contribution in [0.3, 0.4) is 0 Å². The molecular weight excluding hydrogens is 272 g/mol. The molecule has 5 heteroatoms. The molecule has 0 atom stereocenters. The van der Waals surface area contributed by atoms with Gasteiger partial charge >= 0.3 is 5.97 Å². The molecule has 0 saturated carbocycles. The van der Waals surface area contributed by atoms with Gasteiger partial charge in [-0.2, -0.15) is 0 Å². The zero-order valence-corrected chi connectivity index (χ0v) is 12.9. The second kappa shape index (κ2) is 6.05. The highest BCUT2D eigenvalue weighted by atomic mass is 32.1. The number of esters is 1. The van der Waals surface area contributed by atoms with Crippen molar-refractivity contribution < 1.29 is 9.53 Å². The third kappa shape index (κ3) is 3.36. The summed E-state index contributed by atoms with van der Waals surface area (Å²) in [5.41, 5.74) is 5.43. The predicted octanol–water partition coefficient (Wildman–Crippen LogP) is 3.53. The first-order valence-electron chi connectivity index (χ1n) is 6.35. The Labute approximate surface area is 122 Å². The molecule has 0 amide bonds. The summed E-state index contributed by atoms with van der Waals surface area (Å²) in [6.07, 6.45) is 0.209. The van der Waals surface area contributed by atoms with E-state index in [1.54, 1.807) is 0 Å². The predicted molar refractivity (Wildman–Crippen MR) is 81.8 cm³/mol. The molecule has 1 aromatic heterocycles. The number of hydrogen-bond acceptors (Lipinski definition) is 5. The maximum atomic E-state index is 11.2. The van der Waals surface area contributed by atoms with Gasteiger partial charge in [0.25, 0.3) is 0 Å². The van der Waals surface area contributed by atoms with Gasteiger partial charge in [0.1, 0.15) is 0 Å². The number of anilines is 2. The number of nitrogens with zero attached hydrogens (tertiary/aromatic N) is 1. The van der Waals surface area contributed by atoms with E-state index in [9.17, 15) is 4.79 Å². The average Bonchev–Trinajstić information content (AvgIpc) is 2.81. The first-order valence-corrected chi connectivity index (χ1v) is 7.23. The van der Waals surface area contributed by atoms with Crippen LogP contribution in [0.5, 0.6) is 0 Å².